The number of para-hydroxylation sites is 1. The topological polar surface area (TPSA) is 101 Å². The van der Waals surface area contributed by atoms with Gasteiger partial charge in [-0.2, -0.15) is 0 Å². The summed E-state index contributed by atoms with van der Waals surface area (Å²) in [4.78, 5) is 28.4. The van der Waals surface area contributed by atoms with E-state index in [1.54, 1.807) is 24.5 Å². The number of benzene rings is 1. The van der Waals surface area contributed by atoms with E-state index in [2.05, 4.69) is 15.6 Å². The Kier molecular flexibility index (Phi) is 6.51. The highest BCUT2D eigenvalue weighted by Crippen LogP contribution is 2.23. The molecule has 3 N–H and O–H groups in total. The zero-order valence-corrected chi connectivity index (χ0v) is 14.9. The molecule has 1 fully saturated rings. The normalized spacial score (nSPS) is 22.0. The third-order valence-electron chi connectivity index (χ3n) is 4.53. The van der Waals surface area contributed by atoms with Crippen LogP contribution in [0.5, 0.6) is 0 Å². The van der Waals surface area contributed by atoms with Crippen LogP contribution in [0.15, 0.2) is 54.9 Å². The van der Waals surface area contributed by atoms with Gasteiger partial charge in [-0.3, -0.25) is 14.6 Å². The first-order valence-electron chi connectivity index (χ1n) is 8.98. The lowest BCUT2D eigenvalue weighted by Gasteiger charge is -2.36. The predicted octanol–water partition coefficient (Wildman–Crippen LogP) is 1.75. The molecule has 7 nitrogen and oxygen atoms in total. The summed E-state index contributed by atoms with van der Waals surface area (Å²) in [6, 6.07) is 12.2. The van der Waals surface area contributed by atoms with Crippen LogP contribution in [-0.4, -0.2) is 46.8 Å². The molecule has 3 atom stereocenters. The Bertz CT molecular complexity index is 754. The number of aliphatic hydroxyl groups excluding tert-OH is 1. The monoisotopic (exact) mass is 369 g/mol. The van der Waals surface area contributed by atoms with Crippen LogP contribution in [-0.2, 0) is 9.53 Å². The molecule has 2 amide bonds. The predicted molar refractivity (Wildman–Crippen MR) is 100 cm³/mol. The molecule has 2 aromatic rings. The zero-order valence-electron chi connectivity index (χ0n) is 14.9. The minimum Gasteiger partial charge on any atom is -0.394 e. The van der Waals surface area contributed by atoms with E-state index < -0.39 is 6.10 Å². The third-order valence-corrected chi connectivity index (χ3v) is 4.53. The lowest BCUT2D eigenvalue weighted by molar-refractivity contribution is -0.126. The number of nitrogens with zero attached hydrogens (tertiary/aromatic N) is 1. The van der Waals surface area contributed by atoms with E-state index in [0.717, 1.165) is 5.69 Å². The molecule has 142 valence electrons. The van der Waals surface area contributed by atoms with Crippen molar-refractivity contribution in [3.8, 4) is 0 Å². The summed E-state index contributed by atoms with van der Waals surface area (Å²) < 4.78 is 5.86. The molecule has 0 spiro atoms. The average molecular weight is 369 g/mol. The van der Waals surface area contributed by atoms with Crippen molar-refractivity contribution in [3.63, 3.8) is 0 Å². The van der Waals surface area contributed by atoms with Crippen LogP contribution in [0.3, 0.4) is 0 Å². The van der Waals surface area contributed by atoms with E-state index in [4.69, 9.17) is 4.74 Å². The maximum atomic E-state index is 12.3. The highest BCUT2D eigenvalue weighted by atomic mass is 16.5. The maximum Gasteiger partial charge on any atom is 0.251 e. The largest absolute Gasteiger partial charge is 0.394 e. The number of amides is 2. The third kappa shape index (κ3) is 5.35. The summed E-state index contributed by atoms with van der Waals surface area (Å²) in [5.74, 6) is -0.369. The van der Waals surface area contributed by atoms with Gasteiger partial charge in [0.1, 0.15) is 6.10 Å². The Hall–Kier alpha value is -2.77. The molecule has 1 saturated heterocycles. The molecule has 1 aliphatic heterocycles. The van der Waals surface area contributed by atoms with E-state index in [0.29, 0.717) is 18.4 Å². The number of aromatic nitrogens is 1. The van der Waals surface area contributed by atoms with E-state index in [1.165, 1.54) is 0 Å². The molecule has 27 heavy (non-hydrogen) atoms. The summed E-state index contributed by atoms with van der Waals surface area (Å²) in [7, 11) is 0. The van der Waals surface area contributed by atoms with Crippen molar-refractivity contribution in [3.05, 3.63) is 60.4 Å². The summed E-state index contributed by atoms with van der Waals surface area (Å²) in [6.45, 7) is -0.224. The number of anilines is 1. The van der Waals surface area contributed by atoms with Gasteiger partial charge in [0.05, 0.1) is 25.2 Å². The van der Waals surface area contributed by atoms with Gasteiger partial charge in [0.15, 0.2) is 0 Å². The van der Waals surface area contributed by atoms with Gasteiger partial charge >= 0.3 is 0 Å². The van der Waals surface area contributed by atoms with Crippen LogP contribution in [0, 0.1) is 0 Å². The van der Waals surface area contributed by atoms with Gasteiger partial charge in [-0.25, -0.2) is 0 Å². The lowest BCUT2D eigenvalue weighted by atomic mass is 9.96. The first-order valence-corrected chi connectivity index (χ1v) is 8.98. The van der Waals surface area contributed by atoms with E-state index >= 15 is 0 Å². The van der Waals surface area contributed by atoms with Crippen LogP contribution >= 0.6 is 0 Å². The van der Waals surface area contributed by atoms with E-state index in [-0.39, 0.29) is 37.0 Å². The Morgan fingerprint density at radius 2 is 1.85 bits per heavy atom. The van der Waals surface area contributed by atoms with Gasteiger partial charge in [0.25, 0.3) is 5.91 Å². The van der Waals surface area contributed by atoms with Crippen molar-refractivity contribution in [1.82, 2.24) is 10.3 Å². The second kappa shape index (κ2) is 9.25. The first-order chi connectivity index (χ1) is 13.2. The van der Waals surface area contributed by atoms with Gasteiger partial charge in [0.2, 0.25) is 5.91 Å². The fourth-order valence-electron chi connectivity index (χ4n) is 3.14. The van der Waals surface area contributed by atoms with Gasteiger partial charge in [-0.05, 0) is 37.1 Å². The van der Waals surface area contributed by atoms with Gasteiger partial charge in [-0.15, -0.1) is 0 Å². The number of hydrogen-bond acceptors (Lipinski definition) is 5. The Morgan fingerprint density at radius 3 is 2.56 bits per heavy atom. The molecule has 0 saturated carbocycles. The van der Waals surface area contributed by atoms with Crippen molar-refractivity contribution >= 4 is 17.5 Å². The summed E-state index contributed by atoms with van der Waals surface area (Å²) in [6.07, 6.45) is 3.73. The highest BCUT2D eigenvalue weighted by Gasteiger charge is 2.33. The molecule has 0 aliphatic carbocycles. The maximum absolute atomic E-state index is 12.3. The van der Waals surface area contributed by atoms with Gasteiger partial charge < -0.3 is 20.5 Å². The van der Waals surface area contributed by atoms with Gasteiger partial charge in [0, 0.05) is 23.6 Å². The number of pyridine rings is 1. The molecule has 0 unspecified atom stereocenters. The number of aliphatic hydroxyl groups is 1. The molecular formula is C20H23N3O4. The summed E-state index contributed by atoms with van der Waals surface area (Å²) in [5.41, 5.74) is 1.24. The Morgan fingerprint density at radius 1 is 1.11 bits per heavy atom. The average Bonchev–Trinajstić information content (AvgIpc) is 2.70. The summed E-state index contributed by atoms with van der Waals surface area (Å²) in [5, 5.41) is 15.4. The number of rotatable bonds is 6. The number of carbonyl (C=O) groups excluding carboxylic acids is 2. The quantitative estimate of drug-likeness (QED) is 0.720. The standard InChI is InChI=1S/C20H23N3O4/c24-13-18-17(23-20(26)14-8-10-21-11-9-14)7-6-16(27-18)12-19(25)22-15-4-2-1-3-5-15/h1-5,8-11,16-18,24H,6-7,12-13H2,(H,22,25)(H,23,26)/t16-,17+,18+/m1/s1. The molecule has 7 heteroatoms. The smallest absolute Gasteiger partial charge is 0.251 e. The molecule has 1 aliphatic rings. The van der Waals surface area contributed by atoms with Crippen LogP contribution in [0.2, 0.25) is 0 Å². The molecule has 1 aromatic heterocycles. The van der Waals surface area contributed by atoms with E-state index in [9.17, 15) is 14.7 Å². The lowest BCUT2D eigenvalue weighted by Crippen LogP contribution is -2.51. The first kappa shape index (κ1) is 19.0. The van der Waals surface area contributed by atoms with Crippen molar-refractivity contribution in [2.24, 2.45) is 0 Å². The van der Waals surface area contributed by atoms with Crippen LogP contribution in [0.4, 0.5) is 5.69 Å². The van der Waals surface area contributed by atoms with Crippen LogP contribution in [0.1, 0.15) is 29.6 Å². The number of carbonyl (C=O) groups is 2. The minimum atomic E-state index is -0.543. The SMILES string of the molecule is O=C(C[C@H]1CC[C@H](NC(=O)c2ccncc2)[C@H](CO)O1)Nc1ccccc1. The Balaban J connectivity index is 1.51. The molecule has 0 bridgehead atoms. The summed E-state index contributed by atoms with van der Waals surface area (Å²) >= 11 is 0. The second-order valence-electron chi connectivity index (χ2n) is 6.49. The van der Waals surface area contributed by atoms with Crippen molar-refractivity contribution in [1.29, 1.82) is 0 Å². The zero-order chi connectivity index (χ0) is 19.1. The molecule has 2 heterocycles. The number of hydrogen-bond donors (Lipinski definition) is 3. The highest BCUT2D eigenvalue weighted by molar-refractivity contribution is 5.94. The van der Waals surface area contributed by atoms with Crippen LogP contribution in [0.25, 0.3) is 0 Å². The second-order valence-corrected chi connectivity index (χ2v) is 6.49. The van der Waals surface area contributed by atoms with Crippen molar-refractivity contribution in [2.45, 2.75) is 37.5 Å². The Labute approximate surface area is 157 Å². The fraction of sp³-hybridized carbons (Fsp3) is 0.350. The minimum absolute atomic E-state index is 0.137. The number of ether oxygens (including phenoxy) is 1. The van der Waals surface area contributed by atoms with Crippen molar-refractivity contribution in [2.75, 3.05) is 11.9 Å². The van der Waals surface area contributed by atoms with Crippen molar-refractivity contribution < 1.29 is 19.4 Å². The molecular weight excluding hydrogens is 346 g/mol. The van der Waals surface area contributed by atoms with Gasteiger partial charge in [-0.1, -0.05) is 18.2 Å². The molecule has 3 rings (SSSR count). The fourth-order valence-corrected chi connectivity index (χ4v) is 3.14. The number of nitrogens with one attached hydrogen (secondary N) is 2. The van der Waals surface area contributed by atoms with Crippen LogP contribution < -0.4 is 10.6 Å². The molecule has 1 aromatic carbocycles. The van der Waals surface area contributed by atoms with E-state index in [1.807, 2.05) is 30.3 Å². The molecule has 0 radical (unpaired) electrons.